The summed E-state index contributed by atoms with van der Waals surface area (Å²) in [4.78, 5) is 4.02. The number of benzene rings is 1. The standard InChI is InChI=1S/C18H13ClN4/c19-16-8-14(3-6-21-16)23-15-7-13(2-1-12(15)9-22-23)18(11-20)10-17(18)4-5-17/h1-3,6-9H,4-5,10H2/t18-/m0/s1. The van der Waals surface area contributed by atoms with Gasteiger partial charge in [0, 0.05) is 17.6 Å². The summed E-state index contributed by atoms with van der Waals surface area (Å²) in [5.41, 5.74) is 2.97. The molecule has 5 heteroatoms. The van der Waals surface area contributed by atoms with Crippen molar-refractivity contribution in [1.82, 2.24) is 14.8 Å². The molecule has 2 fully saturated rings. The number of fused-ring (bicyclic) bond motifs is 1. The maximum atomic E-state index is 9.73. The minimum atomic E-state index is -0.286. The molecule has 2 saturated carbocycles. The summed E-state index contributed by atoms with van der Waals surface area (Å²) in [6.45, 7) is 0. The van der Waals surface area contributed by atoms with Crippen molar-refractivity contribution in [2.24, 2.45) is 5.41 Å². The van der Waals surface area contributed by atoms with Gasteiger partial charge >= 0.3 is 0 Å². The lowest BCUT2D eigenvalue weighted by atomic mass is 9.93. The Morgan fingerprint density at radius 2 is 2.09 bits per heavy atom. The molecular weight excluding hydrogens is 308 g/mol. The second kappa shape index (κ2) is 4.12. The second-order valence-corrected chi connectivity index (χ2v) is 7.03. The van der Waals surface area contributed by atoms with Gasteiger partial charge in [-0.05, 0) is 42.4 Å². The highest BCUT2D eigenvalue weighted by molar-refractivity contribution is 6.29. The van der Waals surface area contributed by atoms with E-state index in [1.807, 2.05) is 16.9 Å². The number of hydrogen-bond donors (Lipinski definition) is 0. The molecule has 4 nitrogen and oxygen atoms in total. The highest BCUT2D eigenvalue weighted by Crippen LogP contribution is 2.78. The van der Waals surface area contributed by atoms with E-state index >= 15 is 0 Å². The molecule has 23 heavy (non-hydrogen) atoms. The molecule has 1 atom stereocenters. The van der Waals surface area contributed by atoms with Gasteiger partial charge < -0.3 is 0 Å². The Morgan fingerprint density at radius 1 is 1.22 bits per heavy atom. The summed E-state index contributed by atoms with van der Waals surface area (Å²) >= 11 is 6.00. The van der Waals surface area contributed by atoms with E-state index in [0.29, 0.717) is 5.15 Å². The third-order valence-corrected chi connectivity index (χ3v) is 5.65. The van der Waals surface area contributed by atoms with Gasteiger partial charge in [0.15, 0.2) is 0 Å². The van der Waals surface area contributed by atoms with Crippen molar-refractivity contribution in [1.29, 1.82) is 5.26 Å². The molecule has 2 heterocycles. The average Bonchev–Trinajstić information content (AvgIpc) is 3.44. The van der Waals surface area contributed by atoms with Gasteiger partial charge in [0.05, 0.1) is 28.9 Å². The van der Waals surface area contributed by atoms with Crippen molar-refractivity contribution in [3.05, 3.63) is 53.4 Å². The zero-order valence-corrected chi connectivity index (χ0v) is 13.1. The van der Waals surface area contributed by atoms with Crippen LogP contribution in [0.5, 0.6) is 0 Å². The van der Waals surface area contributed by atoms with E-state index < -0.39 is 0 Å². The van der Waals surface area contributed by atoms with Crippen molar-refractivity contribution < 1.29 is 0 Å². The van der Waals surface area contributed by atoms with Crippen LogP contribution in [-0.2, 0) is 5.41 Å². The maximum absolute atomic E-state index is 9.73. The zero-order valence-electron chi connectivity index (χ0n) is 12.3. The first-order valence-electron chi connectivity index (χ1n) is 7.69. The number of nitrogens with zero attached hydrogens (tertiary/aromatic N) is 4. The minimum Gasteiger partial charge on any atom is -0.244 e. The van der Waals surface area contributed by atoms with Gasteiger partial charge in [0.2, 0.25) is 0 Å². The number of halogens is 1. The van der Waals surface area contributed by atoms with Crippen LogP contribution >= 0.6 is 11.6 Å². The number of rotatable bonds is 2. The fraction of sp³-hybridized carbons (Fsp3) is 0.278. The van der Waals surface area contributed by atoms with Gasteiger partial charge in [-0.3, -0.25) is 0 Å². The summed E-state index contributed by atoms with van der Waals surface area (Å²) in [5.74, 6) is 0. The number of nitriles is 1. The van der Waals surface area contributed by atoms with Crippen LogP contribution in [0.2, 0.25) is 5.15 Å². The Kier molecular flexibility index (Phi) is 2.35. The lowest BCUT2D eigenvalue weighted by Gasteiger charge is -2.10. The van der Waals surface area contributed by atoms with E-state index in [1.165, 1.54) is 12.8 Å². The molecule has 0 amide bonds. The summed E-state index contributed by atoms with van der Waals surface area (Å²) in [6.07, 6.45) is 6.87. The van der Waals surface area contributed by atoms with E-state index in [-0.39, 0.29) is 10.8 Å². The Labute approximate surface area is 138 Å². The predicted octanol–water partition coefficient (Wildman–Crippen LogP) is 4.02. The fourth-order valence-electron chi connectivity index (χ4n) is 3.86. The molecule has 0 unspecified atom stereocenters. The summed E-state index contributed by atoms with van der Waals surface area (Å²) in [6, 6.07) is 12.5. The minimum absolute atomic E-state index is 0.264. The molecule has 1 aromatic carbocycles. The van der Waals surface area contributed by atoms with E-state index in [1.54, 1.807) is 12.3 Å². The third kappa shape index (κ3) is 1.66. The normalized spacial score (nSPS) is 23.8. The monoisotopic (exact) mass is 320 g/mol. The van der Waals surface area contributed by atoms with Gasteiger partial charge in [0.25, 0.3) is 0 Å². The predicted molar refractivity (Wildman–Crippen MR) is 87.5 cm³/mol. The molecule has 0 bridgehead atoms. The zero-order chi connectivity index (χ0) is 15.7. The van der Waals surface area contributed by atoms with Crippen molar-refractivity contribution in [3.8, 4) is 11.8 Å². The lowest BCUT2D eigenvalue weighted by Crippen LogP contribution is -2.07. The van der Waals surface area contributed by atoms with Crippen LogP contribution in [0.3, 0.4) is 0 Å². The van der Waals surface area contributed by atoms with Gasteiger partial charge in [-0.25, -0.2) is 9.67 Å². The molecule has 3 aromatic rings. The van der Waals surface area contributed by atoms with Crippen LogP contribution in [0, 0.1) is 16.7 Å². The van der Waals surface area contributed by atoms with Gasteiger partial charge in [-0.1, -0.05) is 23.7 Å². The molecule has 5 rings (SSSR count). The van der Waals surface area contributed by atoms with Crippen LogP contribution < -0.4 is 0 Å². The fourth-order valence-corrected chi connectivity index (χ4v) is 4.03. The van der Waals surface area contributed by atoms with Gasteiger partial charge in [0.1, 0.15) is 5.15 Å². The Hall–Kier alpha value is -2.38. The summed E-state index contributed by atoms with van der Waals surface area (Å²) in [5, 5.41) is 15.7. The number of hydrogen-bond acceptors (Lipinski definition) is 3. The first-order chi connectivity index (χ1) is 11.2. The summed E-state index contributed by atoms with van der Waals surface area (Å²) in [7, 11) is 0. The quantitative estimate of drug-likeness (QED) is 0.670. The first-order valence-corrected chi connectivity index (χ1v) is 8.07. The second-order valence-electron chi connectivity index (χ2n) is 6.64. The third-order valence-electron chi connectivity index (χ3n) is 5.45. The molecule has 112 valence electrons. The Balaban J connectivity index is 1.69. The van der Waals surface area contributed by atoms with E-state index in [0.717, 1.165) is 28.6 Å². The molecule has 1 spiro atoms. The molecule has 0 saturated heterocycles. The largest absolute Gasteiger partial charge is 0.244 e. The Bertz CT molecular complexity index is 996. The summed E-state index contributed by atoms with van der Waals surface area (Å²) < 4.78 is 1.86. The molecule has 0 radical (unpaired) electrons. The van der Waals surface area contributed by atoms with E-state index in [4.69, 9.17) is 11.6 Å². The lowest BCUT2D eigenvalue weighted by molar-refractivity contribution is 0.738. The molecule has 2 aliphatic rings. The number of pyridine rings is 1. The van der Waals surface area contributed by atoms with Crippen LogP contribution in [0.4, 0.5) is 0 Å². The average molecular weight is 321 g/mol. The molecular formula is C18H13ClN4. The highest BCUT2D eigenvalue weighted by atomic mass is 35.5. The maximum Gasteiger partial charge on any atom is 0.131 e. The first kappa shape index (κ1) is 13.1. The molecule has 0 aliphatic heterocycles. The SMILES string of the molecule is N#C[C@]1(c2ccc3cnn(-c4ccnc(Cl)c4)c3c2)CC12CC2. The van der Waals surface area contributed by atoms with Crippen molar-refractivity contribution in [3.63, 3.8) is 0 Å². The molecule has 2 aromatic heterocycles. The van der Waals surface area contributed by atoms with E-state index in [9.17, 15) is 5.26 Å². The van der Waals surface area contributed by atoms with Crippen molar-refractivity contribution >= 4 is 22.5 Å². The Morgan fingerprint density at radius 3 is 2.78 bits per heavy atom. The van der Waals surface area contributed by atoms with Gasteiger partial charge in [-0.2, -0.15) is 10.4 Å². The molecule has 2 aliphatic carbocycles. The van der Waals surface area contributed by atoms with Gasteiger partial charge in [-0.15, -0.1) is 0 Å². The van der Waals surface area contributed by atoms with E-state index in [2.05, 4.69) is 34.4 Å². The van der Waals surface area contributed by atoms with Crippen LogP contribution in [0.1, 0.15) is 24.8 Å². The number of aromatic nitrogens is 3. The highest BCUT2D eigenvalue weighted by Gasteiger charge is 2.75. The topological polar surface area (TPSA) is 54.5 Å². The van der Waals surface area contributed by atoms with Crippen molar-refractivity contribution in [2.45, 2.75) is 24.7 Å². The van der Waals surface area contributed by atoms with Crippen LogP contribution in [0.25, 0.3) is 16.6 Å². The smallest absolute Gasteiger partial charge is 0.131 e. The molecule has 0 N–H and O–H groups in total. The van der Waals surface area contributed by atoms with Crippen LogP contribution in [0.15, 0.2) is 42.7 Å². The van der Waals surface area contributed by atoms with Crippen molar-refractivity contribution in [2.75, 3.05) is 0 Å². The van der Waals surface area contributed by atoms with Crippen LogP contribution in [-0.4, -0.2) is 14.8 Å².